The van der Waals surface area contributed by atoms with E-state index in [0.717, 1.165) is 26.4 Å². The van der Waals surface area contributed by atoms with Gasteiger partial charge in [-0.25, -0.2) is 0 Å². The SMILES string of the molecule is Nc1ccc2oc3ccc(N)cc3c(=S)c2c1. The fourth-order valence-electron chi connectivity index (χ4n) is 1.89. The van der Waals surface area contributed by atoms with Gasteiger partial charge in [-0.15, -0.1) is 0 Å². The lowest BCUT2D eigenvalue weighted by atomic mass is 10.1. The van der Waals surface area contributed by atoms with E-state index in [-0.39, 0.29) is 0 Å². The highest BCUT2D eigenvalue weighted by Crippen LogP contribution is 2.27. The highest BCUT2D eigenvalue weighted by molar-refractivity contribution is 7.72. The quantitative estimate of drug-likeness (QED) is 0.360. The number of nitrogens with two attached hydrogens (primary N) is 2. The molecule has 84 valence electrons. The molecule has 0 unspecified atom stereocenters. The molecule has 3 nitrogen and oxygen atoms in total. The van der Waals surface area contributed by atoms with Gasteiger partial charge in [-0.1, -0.05) is 12.2 Å². The van der Waals surface area contributed by atoms with Crippen molar-refractivity contribution in [2.75, 3.05) is 11.5 Å². The van der Waals surface area contributed by atoms with Crippen LogP contribution in [0.25, 0.3) is 21.9 Å². The van der Waals surface area contributed by atoms with Gasteiger partial charge >= 0.3 is 0 Å². The van der Waals surface area contributed by atoms with E-state index in [1.165, 1.54) is 0 Å². The average molecular weight is 242 g/mol. The van der Waals surface area contributed by atoms with E-state index in [2.05, 4.69) is 0 Å². The molecular formula is C13H10N2OS. The maximum atomic E-state index is 5.76. The summed E-state index contributed by atoms with van der Waals surface area (Å²) in [5, 5.41) is 1.69. The van der Waals surface area contributed by atoms with Crippen molar-refractivity contribution in [3.63, 3.8) is 0 Å². The minimum absolute atomic E-state index is 0.669. The third kappa shape index (κ3) is 1.54. The molecule has 0 saturated carbocycles. The van der Waals surface area contributed by atoms with Crippen LogP contribution < -0.4 is 11.5 Å². The molecule has 0 aliphatic carbocycles. The normalized spacial score (nSPS) is 11.1. The van der Waals surface area contributed by atoms with Gasteiger partial charge in [-0.05, 0) is 36.4 Å². The first-order chi connectivity index (χ1) is 8.15. The Kier molecular flexibility index (Phi) is 2.06. The Morgan fingerprint density at radius 3 is 1.76 bits per heavy atom. The van der Waals surface area contributed by atoms with Crippen molar-refractivity contribution < 1.29 is 4.42 Å². The topological polar surface area (TPSA) is 65.2 Å². The predicted octanol–water partition coefficient (Wildman–Crippen LogP) is 3.48. The van der Waals surface area contributed by atoms with Crippen LogP contribution in [-0.4, -0.2) is 0 Å². The third-order valence-corrected chi connectivity index (χ3v) is 3.16. The first-order valence-corrected chi connectivity index (χ1v) is 5.57. The number of hydrogen-bond acceptors (Lipinski definition) is 4. The second kappa shape index (κ2) is 3.46. The van der Waals surface area contributed by atoms with Gasteiger partial charge in [0.2, 0.25) is 0 Å². The Morgan fingerprint density at radius 1 is 0.824 bits per heavy atom. The Morgan fingerprint density at radius 2 is 1.29 bits per heavy atom. The van der Waals surface area contributed by atoms with Gasteiger partial charge in [0.05, 0.1) is 4.51 Å². The fraction of sp³-hybridized carbons (Fsp3) is 0. The zero-order valence-corrected chi connectivity index (χ0v) is 9.75. The predicted molar refractivity (Wildman–Crippen MR) is 73.4 cm³/mol. The van der Waals surface area contributed by atoms with Crippen LogP contribution in [0.3, 0.4) is 0 Å². The summed E-state index contributed by atoms with van der Waals surface area (Å²) in [6.45, 7) is 0. The minimum Gasteiger partial charge on any atom is -0.456 e. The number of rotatable bonds is 0. The summed E-state index contributed by atoms with van der Waals surface area (Å²) in [7, 11) is 0. The van der Waals surface area contributed by atoms with Crippen LogP contribution in [-0.2, 0) is 0 Å². The molecule has 17 heavy (non-hydrogen) atoms. The highest BCUT2D eigenvalue weighted by Gasteiger charge is 2.05. The second-order valence-corrected chi connectivity index (χ2v) is 4.35. The van der Waals surface area contributed by atoms with Gasteiger partial charge in [0.15, 0.2) is 0 Å². The van der Waals surface area contributed by atoms with E-state index in [0.29, 0.717) is 11.4 Å². The Labute approximate surface area is 103 Å². The van der Waals surface area contributed by atoms with Crippen LogP contribution in [0.1, 0.15) is 0 Å². The van der Waals surface area contributed by atoms with Crippen LogP contribution in [0.15, 0.2) is 40.8 Å². The molecule has 1 aromatic heterocycles. The number of anilines is 2. The molecule has 0 aliphatic rings. The summed E-state index contributed by atoms with van der Waals surface area (Å²) < 4.78 is 6.48. The molecule has 0 fully saturated rings. The van der Waals surface area contributed by atoms with Crippen molar-refractivity contribution in [3.8, 4) is 0 Å². The summed E-state index contributed by atoms with van der Waals surface area (Å²) in [5.41, 5.74) is 14.3. The molecule has 0 radical (unpaired) electrons. The molecule has 0 aliphatic heterocycles. The summed E-state index contributed by atoms with van der Waals surface area (Å²) in [5.74, 6) is 0. The number of hydrogen-bond donors (Lipinski definition) is 2. The summed E-state index contributed by atoms with van der Waals surface area (Å²) in [4.78, 5) is 0. The van der Waals surface area contributed by atoms with Crippen LogP contribution in [0.5, 0.6) is 0 Å². The zero-order chi connectivity index (χ0) is 12.0. The maximum Gasteiger partial charge on any atom is 0.136 e. The first-order valence-electron chi connectivity index (χ1n) is 5.17. The van der Waals surface area contributed by atoms with Gasteiger partial charge in [-0.2, -0.15) is 0 Å². The first kappa shape index (κ1) is 10.1. The lowest BCUT2D eigenvalue weighted by molar-refractivity contribution is 0.660. The molecule has 0 spiro atoms. The van der Waals surface area contributed by atoms with Crippen LogP contribution in [0.2, 0.25) is 0 Å². The van der Waals surface area contributed by atoms with Crippen molar-refractivity contribution in [1.29, 1.82) is 0 Å². The van der Waals surface area contributed by atoms with Crippen molar-refractivity contribution in [2.45, 2.75) is 0 Å². The van der Waals surface area contributed by atoms with Crippen molar-refractivity contribution in [1.82, 2.24) is 0 Å². The molecule has 0 atom stereocenters. The summed E-state index contributed by atoms with van der Waals surface area (Å²) >= 11 is 5.44. The molecule has 4 N–H and O–H groups in total. The van der Waals surface area contributed by atoms with Crippen molar-refractivity contribution in [2.24, 2.45) is 0 Å². The van der Waals surface area contributed by atoms with Crippen LogP contribution in [0, 0.1) is 4.51 Å². The highest BCUT2D eigenvalue weighted by atomic mass is 32.1. The fourth-order valence-corrected chi connectivity index (χ4v) is 2.21. The van der Waals surface area contributed by atoms with Gasteiger partial charge in [-0.3, -0.25) is 0 Å². The lowest BCUT2D eigenvalue weighted by Gasteiger charge is -2.04. The summed E-state index contributed by atoms with van der Waals surface area (Å²) in [6, 6.07) is 10.9. The molecule has 0 amide bonds. The van der Waals surface area contributed by atoms with E-state index >= 15 is 0 Å². The van der Waals surface area contributed by atoms with Crippen LogP contribution in [0.4, 0.5) is 11.4 Å². The smallest absolute Gasteiger partial charge is 0.136 e. The van der Waals surface area contributed by atoms with E-state index in [4.69, 9.17) is 28.1 Å². The maximum absolute atomic E-state index is 5.76. The lowest BCUT2D eigenvalue weighted by Crippen LogP contribution is -1.87. The number of benzene rings is 2. The molecule has 0 saturated heterocycles. The second-order valence-electron chi connectivity index (χ2n) is 3.94. The van der Waals surface area contributed by atoms with Gasteiger partial charge in [0.25, 0.3) is 0 Å². The van der Waals surface area contributed by atoms with E-state index < -0.39 is 0 Å². The standard InChI is InChI=1S/C13H10N2OS/c14-7-1-3-11-9(5-7)13(17)10-6-8(15)2-4-12(10)16-11/h1-6H,14-15H2. The summed E-state index contributed by atoms with van der Waals surface area (Å²) in [6.07, 6.45) is 0. The zero-order valence-electron chi connectivity index (χ0n) is 8.94. The van der Waals surface area contributed by atoms with Gasteiger partial charge < -0.3 is 15.9 Å². The van der Waals surface area contributed by atoms with E-state index in [1.54, 1.807) is 12.1 Å². The van der Waals surface area contributed by atoms with Crippen molar-refractivity contribution >= 4 is 45.5 Å². The largest absolute Gasteiger partial charge is 0.456 e. The average Bonchev–Trinajstić information content (AvgIpc) is 2.32. The molecule has 3 aromatic rings. The Balaban J connectivity index is 2.58. The monoisotopic (exact) mass is 242 g/mol. The third-order valence-electron chi connectivity index (χ3n) is 2.72. The molecule has 2 aromatic carbocycles. The Hall–Kier alpha value is -2.07. The molecule has 4 heteroatoms. The number of fused-ring (bicyclic) bond motifs is 2. The van der Waals surface area contributed by atoms with Gasteiger partial charge in [0, 0.05) is 22.1 Å². The van der Waals surface area contributed by atoms with E-state index in [9.17, 15) is 0 Å². The Bertz CT molecular complexity index is 729. The van der Waals surface area contributed by atoms with E-state index in [1.807, 2.05) is 24.3 Å². The molecular weight excluding hydrogens is 232 g/mol. The number of nitrogen functional groups attached to an aromatic ring is 2. The van der Waals surface area contributed by atoms with Crippen molar-refractivity contribution in [3.05, 3.63) is 40.9 Å². The minimum atomic E-state index is 0.669. The molecule has 0 bridgehead atoms. The van der Waals surface area contributed by atoms with Gasteiger partial charge in [0.1, 0.15) is 11.2 Å². The van der Waals surface area contributed by atoms with Crippen LogP contribution >= 0.6 is 12.2 Å². The molecule has 3 rings (SSSR count). The molecule has 1 heterocycles.